The maximum Gasteiger partial charge on any atom is 0.203 e. The number of hydrazone groups is 1. The van der Waals surface area contributed by atoms with E-state index in [1.807, 2.05) is 42.4 Å². The third kappa shape index (κ3) is 3.45. The molecule has 0 fully saturated rings. The molecule has 144 valence electrons. The van der Waals surface area contributed by atoms with Gasteiger partial charge in [-0.1, -0.05) is 6.07 Å². The second-order valence-electron chi connectivity index (χ2n) is 6.26. The van der Waals surface area contributed by atoms with E-state index in [4.69, 9.17) is 29.8 Å². The van der Waals surface area contributed by atoms with Crippen molar-refractivity contribution in [2.45, 2.75) is 12.5 Å². The molecule has 2 aromatic carbocycles. The fraction of sp³-hybridized carbons (Fsp3) is 0.350. The number of ether oxygens (including phenoxy) is 4. The molecule has 1 aliphatic rings. The van der Waals surface area contributed by atoms with Crippen LogP contribution in [0.1, 0.15) is 23.6 Å². The van der Waals surface area contributed by atoms with Gasteiger partial charge in [-0.2, -0.15) is 5.10 Å². The van der Waals surface area contributed by atoms with Gasteiger partial charge in [-0.15, -0.1) is 0 Å². The minimum Gasteiger partial charge on any atom is -0.495 e. The molecule has 0 saturated heterocycles. The van der Waals surface area contributed by atoms with E-state index in [1.54, 1.807) is 28.4 Å². The summed E-state index contributed by atoms with van der Waals surface area (Å²) in [6, 6.07) is 9.76. The zero-order valence-corrected chi connectivity index (χ0v) is 16.3. The Bertz CT molecular complexity index is 841. The molecule has 0 amide bonds. The molecule has 0 aromatic heterocycles. The van der Waals surface area contributed by atoms with Crippen LogP contribution in [0.4, 0.5) is 5.69 Å². The Kier molecular flexibility index (Phi) is 5.30. The number of benzene rings is 2. The van der Waals surface area contributed by atoms with Gasteiger partial charge in [0.1, 0.15) is 5.75 Å². The van der Waals surface area contributed by atoms with Crippen molar-refractivity contribution >= 4 is 11.4 Å². The molecule has 2 aromatic rings. The molecule has 7 heteroatoms. The van der Waals surface area contributed by atoms with Gasteiger partial charge in [-0.3, -0.25) is 5.01 Å². The SMILES string of the molecule is COc1ccc(C2CC(c3cc(OC)c(OC)c(OC)c3)=NN2C)cc1N. The molecule has 3 rings (SSSR count). The predicted octanol–water partition coefficient (Wildman–Crippen LogP) is 3.08. The van der Waals surface area contributed by atoms with Gasteiger partial charge in [-0.25, -0.2) is 0 Å². The van der Waals surface area contributed by atoms with Crippen LogP contribution in [-0.2, 0) is 0 Å². The highest BCUT2D eigenvalue weighted by Crippen LogP contribution is 2.41. The molecular weight excluding hydrogens is 346 g/mol. The third-order valence-electron chi connectivity index (χ3n) is 4.75. The monoisotopic (exact) mass is 371 g/mol. The molecule has 0 aliphatic carbocycles. The van der Waals surface area contributed by atoms with Crippen molar-refractivity contribution in [1.82, 2.24) is 5.01 Å². The number of hydrogen-bond acceptors (Lipinski definition) is 7. The molecule has 1 heterocycles. The van der Waals surface area contributed by atoms with Crippen LogP contribution >= 0.6 is 0 Å². The summed E-state index contributed by atoms with van der Waals surface area (Å²) in [5, 5.41) is 6.67. The molecule has 1 unspecified atom stereocenters. The fourth-order valence-electron chi connectivity index (χ4n) is 3.33. The van der Waals surface area contributed by atoms with Gasteiger partial charge >= 0.3 is 0 Å². The predicted molar refractivity (Wildman–Crippen MR) is 105 cm³/mol. The first-order chi connectivity index (χ1) is 13.0. The molecule has 0 radical (unpaired) electrons. The lowest BCUT2D eigenvalue weighted by molar-refractivity contribution is 0.290. The lowest BCUT2D eigenvalue weighted by atomic mass is 9.97. The highest BCUT2D eigenvalue weighted by atomic mass is 16.5. The number of nitrogens with two attached hydrogens (primary N) is 1. The molecule has 7 nitrogen and oxygen atoms in total. The summed E-state index contributed by atoms with van der Waals surface area (Å²) < 4.78 is 21.6. The molecule has 1 atom stereocenters. The van der Waals surface area contributed by atoms with E-state index in [1.165, 1.54) is 0 Å². The van der Waals surface area contributed by atoms with E-state index in [0.717, 1.165) is 23.3 Å². The Morgan fingerprint density at radius 1 is 0.926 bits per heavy atom. The number of methoxy groups -OCH3 is 4. The molecule has 27 heavy (non-hydrogen) atoms. The van der Waals surface area contributed by atoms with Gasteiger partial charge in [0.15, 0.2) is 11.5 Å². The summed E-state index contributed by atoms with van der Waals surface area (Å²) in [6.07, 6.45) is 0.737. The van der Waals surface area contributed by atoms with E-state index in [0.29, 0.717) is 28.7 Å². The van der Waals surface area contributed by atoms with Crippen molar-refractivity contribution in [3.63, 3.8) is 0 Å². The minimum atomic E-state index is 0.0901. The number of nitrogen functional groups attached to an aromatic ring is 1. The van der Waals surface area contributed by atoms with E-state index in [9.17, 15) is 0 Å². The van der Waals surface area contributed by atoms with Crippen molar-refractivity contribution < 1.29 is 18.9 Å². The number of nitrogens with zero attached hydrogens (tertiary/aromatic N) is 2. The van der Waals surface area contributed by atoms with Gasteiger partial charge in [0.25, 0.3) is 0 Å². The van der Waals surface area contributed by atoms with Crippen LogP contribution < -0.4 is 24.7 Å². The van der Waals surface area contributed by atoms with Gasteiger partial charge in [0, 0.05) is 19.0 Å². The summed E-state index contributed by atoms with van der Waals surface area (Å²) >= 11 is 0. The highest BCUT2D eigenvalue weighted by Gasteiger charge is 2.28. The van der Waals surface area contributed by atoms with Crippen molar-refractivity contribution in [2.75, 3.05) is 41.2 Å². The summed E-state index contributed by atoms with van der Waals surface area (Å²) in [5.74, 6) is 2.45. The summed E-state index contributed by atoms with van der Waals surface area (Å²) in [4.78, 5) is 0. The second kappa shape index (κ2) is 7.65. The van der Waals surface area contributed by atoms with E-state index in [-0.39, 0.29) is 6.04 Å². The second-order valence-corrected chi connectivity index (χ2v) is 6.26. The van der Waals surface area contributed by atoms with Gasteiger partial charge in [-0.05, 0) is 29.8 Å². The van der Waals surface area contributed by atoms with Crippen LogP contribution in [0.5, 0.6) is 23.0 Å². The summed E-state index contributed by atoms with van der Waals surface area (Å²) in [6.45, 7) is 0. The fourth-order valence-corrected chi connectivity index (χ4v) is 3.33. The zero-order chi connectivity index (χ0) is 19.6. The summed E-state index contributed by atoms with van der Waals surface area (Å²) in [5.41, 5.74) is 9.64. The molecule has 2 N–H and O–H groups in total. The first-order valence-electron chi connectivity index (χ1n) is 8.56. The maximum atomic E-state index is 6.07. The smallest absolute Gasteiger partial charge is 0.203 e. The Balaban J connectivity index is 1.92. The van der Waals surface area contributed by atoms with E-state index < -0.39 is 0 Å². The third-order valence-corrected chi connectivity index (χ3v) is 4.75. The van der Waals surface area contributed by atoms with Gasteiger partial charge < -0.3 is 24.7 Å². The Morgan fingerprint density at radius 2 is 1.56 bits per heavy atom. The highest BCUT2D eigenvalue weighted by molar-refractivity contribution is 6.02. The van der Waals surface area contributed by atoms with Gasteiger partial charge in [0.05, 0.1) is 45.9 Å². The van der Waals surface area contributed by atoms with Crippen LogP contribution in [0.15, 0.2) is 35.4 Å². The number of anilines is 1. The Hall–Kier alpha value is -3.09. The topological polar surface area (TPSA) is 78.5 Å². The first kappa shape index (κ1) is 18.7. The van der Waals surface area contributed by atoms with Crippen LogP contribution in [0, 0.1) is 0 Å². The van der Waals surface area contributed by atoms with Crippen molar-refractivity contribution in [3.8, 4) is 23.0 Å². The molecule has 1 aliphatic heterocycles. The molecule has 0 bridgehead atoms. The number of hydrogen-bond donors (Lipinski definition) is 1. The van der Waals surface area contributed by atoms with Crippen LogP contribution in [0.2, 0.25) is 0 Å². The lowest BCUT2D eigenvalue weighted by Gasteiger charge is -2.20. The van der Waals surface area contributed by atoms with Crippen LogP contribution in [0.3, 0.4) is 0 Å². The maximum absolute atomic E-state index is 6.07. The Morgan fingerprint density at radius 3 is 2.07 bits per heavy atom. The Labute approximate surface area is 159 Å². The van der Waals surface area contributed by atoms with Gasteiger partial charge in [0.2, 0.25) is 5.75 Å². The van der Waals surface area contributed by atoms with Crippen LogP contribution in [-0.4, -0.2) is 46.2 Å². The van der Waals surface area contributed by atoms with E-state index in [2.05, 4.69) is 0 Å². The quantitative estimate of drug-likeness (QED) is 0.786. The molecule has 0 saturated carbocycles. The molecule has 0 spiro atoms. The largest absolute Gasteiger partial charge is 0.495 e. The zero-order valence-electron chi connectivity index (χ0n) is 16.3. The van der Waals surface area contributed by atoms with Crippen LogP contribution in [0.25, 0.3) is 0 Å². The minimum absolute atomic E-state index is 0.0901. The lowest BCUT2D eigenvalue weighted by Crippen LogP contribution is -2.14. The summed E-state index contributed by atoms with van der Waals surface area (Å²) in [7, 11) is 8.36. The average molecular weight is 371 g/mol. The van der Waals surface area contributed by atoms with Crippen molar-refractivity contribution in [3.05, 3.63) is 41.5 Å². The normalized spacial score (nSPS) is 16.1. The van der Waals surface area contributed by atoms with Crippen molar-refractivity contribution in [1.29, 1.82) is 0 Å². The average Bonchev–Trinajstić information content (AvgIpc) is 3.08. The van der Waals surface area contributed by atoms with E-state index >= 15 is 0 Å². The standard InChI is InChI=1S/C20H25N3O4/c1-23-16(12-6-7-17(24-2)14(21)8-12)11-15(22-23)13-9-18(25-3)20(27-5)19(10-13)26-4/h6-10,16H,11,21H2,1-5H3. The molecular formula is C20H25N3O4. The first-order valence-corrected chi connectivity index (χ1v) is 8.56. The number of rotatable bonds is 6. The van der Waals surface area contributed by atoms with Crippen molar-refractivity contribution in [2.24, 2.45) is 5.10 Å².